The molecule has 2 rings (SSSR count). The van der Waals surface area contributed by atoms with Crippen molar-refractivity contribution in [1.82, 2.24) is 30.1 Å². The molecule has 2 heterocycles. The molecule has 0 radical (unpaired) electrons. The highest BCUT2D eigenvalue weighted by Crippen LogP contribution is 2.08. The van der Waals surface area contributed by atoms with E-state index in [1.807, 2.05) is 13.8 Å². The van der Waals surface area contributed by atoms with E-state index in [4.69, 9.17) is 9.05 Å². The van der Waals surface area contributed by atoms with Crippen LogP contribution in [-0.4, -0.2) is 57.3 Å². The first-order valence-corrected chi connectivity index (χ1v) is 8.50. The predicted octanol–water partition coefficient (Wildman–Crippen LogP) is 1.78. The van der Waals surface area contributed by atoms with Gasteiger partial charge in [0.2, 0.25) is 11.8 Å². The molecule has 8 nitrogen and oxygen atoms in total. The van der Waals surface area contributed by atoms with Crippen molar-refractivity contribution in [2.45, 2.75) is 46.7 Å². The average molecular weight is 336 g/mol. The Morgan fingerprint density at radius 2 is 1.25 bits per heavy atom. The van der Waals surface area contributed by atoms with Crippen molar-refractivity contribution in [2.24, 2.45) is 5.92 Å². The molecule has 0 unspecified atom stereocenters. The number of hydrogen-bond donors (Lipinski definition) is 0. The van der Waals surface area contributed by atoms with E-state index in [-0.39, 0.29) is 0 Å². The van der Waals surface area contributed by atoms with Gasteiger partial charge in [0.1, 0.15) is 0 Å². The summed E-state index contributed by atoms with van der Waals surface area (Å²) < 4.78 is 10.5. The van der Waals surface area contributed by atoms with Gasteiger partial charge in [0.05, 0.1) is 13.1 Å². The summed E-state index contributed by atoms with van der Waals surface area (Å²) in [5.41, 5.74) is 0. The first-order valence-electron chi connectivity index (χ1n) is 8.50. The van der Waals surface area contributed by atoms with Crippen molar-refractivity contribution in [1.29, 1.82) is 0 Å². The van der Waals surface area contributed by atoms with Crippen LogP contribution in [-0.2, 0) is 25.9 Å². The fourth-order valence-corrected chi connectivity index (χ4v) is 2.71. The van der Waals surface area contributed by atoms with Gasteiger partial charge in [-0.3, -0.25) is 9.80 Å². The quantitative estimate of drug-likeness (QED) is 0.649. The van der Waals surface area contributed by atoms with Crippen LogP contribution >= 0.6 is 0 Å². The third-order valence-electron chi connectivity index (χ3n) is 3.71. The molecular formula is C16H28N6O2. The zero-order valence-electron chi connectivity index (χ0n) is 15.3. The summed E-state index contributed by atoms with van der Waals surface area (Å²) >= 11 is 0. The predicted molar refractivity (Wildman–Crippen MR) is 89.2 cm³/mol. The number of nitrogens with zero attached hydrogens (tertiary/aromatic N) is 6. The molecule has 134 valence electrons. The molecule has 0 fully saturated rings. The van der Waals surface area contributed by atoms with E-state index >= 15 is 0 Å². The van der Waals surface area contributed by atoms with Gasteiger partial charge in [0.25, 0.3) is 0 Å². The SMILES string of the molecule is CCc1noc(CN(C)CC(C)CN(C)Cc2nc(CC)no2)n1. The van der Waals surface area contributed by atoms with Crippen LogP contribution in [0.1, 0.15) is 44.2 Å². The molecule has 0 atom stereocenters. The van der Waals surface area contributed by atoms with Crippen LogP contribution in [0.3, 0.4) is 0 Å². The molecule has 8 heteroatoms. The van der Waals surface area contributed by atoms with E-state index in [9.17, 15) is 0 Å². The summed E-state index contributed by atoms with van der Waals surface area (Å²) in [5, 5.41) is 7.85. The normalized spacial score (nSPS) is 12.0. The topological polar surface area (TPSA) is 84.3 Å². The van der Waals surface area contributed by atoms with Crippen molar-refractivity contribution in [2.75, 3.05) is 27.2 Å². The Morgan fingerprint density at radius 1 is 0.833 bits per heavy atom. The maximum atomic E-state index is 5.24. The minimum absolute atomic E-state index is 0.488. The monoisotopic (exact) mass is 336 g/mol. The average Bonchev–Trinajstić information content (AvgIpc) is 3.15. The lowest BCUT2D eigenvalue weighted by molar-refractivity contribution is 0.190. The molecule has 2 aromatic rings. The van der Waals surface area contributed by atoms with Crippen LogP contribution in [0, 0.1) is 5.92 Å². The molecule has 0 saturated heterocycles. The minimum atomic E-state index is 0.488. The number of rotatable bonds is 10. The molecule has 24 heavy (non-hydrogen) atoms. The van der Waals surface area contributed by atoms with Gasteiger partial charge in [-0.05, 0) is 20.0 Å². The van der Waals surface area contributed by atoms with E-state index in [0.717, 1.165) is 37.6 Å². The van der Waals surface area contributed by atoms with Crippen molar-refractivity contribution in [3.8, 4) is 0 Å². The van der Waals surface area contributed by atoms with Gasteiger partial charge < -0.3 is 9.05 Å². The van der Waals surface area contributed by atoms with Gasteiger partial charge in [0, 0.05) is 25.9 Å². The van der Waals surface area contributed by atoms with Crippen LogP contribution in [0.15, 0.2) is 9.05 Å². The highest BCUT2D eigenvalue weighted by Gasteiger charge is 2.14. The molecule has 0 aliphatic rings. The molecule has 2 aromatic heterocycles. The van der Waals surface area contributed by atoms with Gasteiger partial charge in [-0.2, -0.15) is 9.97 Å². The van der Waals surface area contributed by atoms with Gasteiger partial charge in [-0.1, -0.05) is 31.1 Å². The molecule has 0 spiro atoms. The van der Waals surface area contributed by atoms with E-state index in [1.165, 1.54) is 0 Å². The minimum Gasteiger partial charge on any atom is -0.338 e. The van der Waals surface area contributed by atoms with Crippen LogP contribution < -0.4 is 0 Å². The summed E-state index contributed by atoms with van der Waals surface area (Å²) in [6.07, 6.45) is 1.59. The lowest BCUT2D eigenvalue weighted by atomic mass is 10.1. The Hall–Kier alpha value is -1.80. The molecule has 0 aliphatic carbocycles. The number of aryl methyl sites for hydroxylation is 2. The van der Waals surface area contributed by atoms with Crippen molar-refractivity contribution in [3.05, 3.63) is 23.4 Å². The third kappa shape index (κ3) is 5.68. The molecule has 0 amide bonds. The molecule has 0 aromatic carbocycles. The fraction of sp³-hybridized carbons (Fsp3) is 0.750. The fourth-order valence-electron chi connectivity index (χ4n) is 2.71. The van der Waals surface area contributed by atoms with Crippen LogP contribution in [0.25, 0.3) is 0 Å². The molecule has 0 N–H and O–H groups in total. The van der Waals surface area contributed by atoms with Gasteiger partial charge in [0.15, 0.2) is 11.6 Å². The van der Waals surface area contributed by atoms with E-state index < -0.39 is 0 Å². The summed E-state index contributed by atoms with van der Waals surface area (Å²) in [5.74, 6) is 3.36. The molecule has 0 saturated carbocycles. The van der Waals surface area contributed by atoms with Crippen LogP contribution in [0.2, 0.25) is 0 Å². The van der Waals surface area contributed by atoms with Crippen LogP contribution in [0.4, 0.5) is 0 Å². The largest absolute Gasteiger partial charge is 0.338 e. The van der Waals surface area contributed by atoms with E-state index in [0.29, 0.717) is 30.8 Å². The number of aromatic nitrogens is 4. The second-order valence-electron chi connectivity index (χ2n) is 6.41. The van der Waals surface area contributed by atoms with E-state index in [1.54, 1.807) is 0 Å². The molecule has 0 aliphatic heterocycles. The van der Waals surface area contributed by atoms with Gasteiger partial charge >= 0.3 is 0 Å². The standard InChI is InChI=1S/C16H28N6O2/c1-6-13-17-15(23-19-13)10-21(4)8-12(3)9-22(5)11-16-18-14(7-2)20-24-16/h12H,6-11H2,1-5H3. The lowest BCUT2D eigenvalue weighted by Gasteiger charge is -2.23. The molecule has 0 bridgehead atoms. The highest BCUT2D eigenvalue weighted by molar-refractivity contribution is 4.86. The summed E-state index contributed by atoms with van der Waals surface area (Å²) in [7, 11) is 4.13. The lowest BCUT2D eigenvalue weighted by Crippen LogP contribution is -2.32. The van der Waals surface area contributed by atoms with Crippen LogP contribution in [0.5, 0.6) is 0 Å². The highest BCUT2D eigenvalue weighted by atomic mass is 16.5. The Kier molecular flexibility index (Phi) is 6.86. The van der Waals surface area contributed by atoms with Gasteiger partial charge in [-0.15, -0.1) is 0 Å². The molecular weight excluding hydrogens is 308 g/mol. The zero-order chi connectivity index (χ0) is 17.5. The maximum Gasteiger partial charge on any atom is 0.240 e. The smallest absolute Gasteiger partial charge is 0.240 e. The Morgan fingerprint density at radius 3 is 1.58 bits per heavy atom. The summed E-state index contributed by atoms with van der Waals surface area (Å²) in [6.45, 7) is 9.49. The van der Waals surface area contributed by atoms with E-state index in [2.05, 4.69) is 51.1 Å². The van der Waals surface area contributed by atoms with Crippen molar-refractivity contribution >= 4 is 0 Å². The first kappa shape index (κ1) is 18.5. The third-order valence-corrected chi connectivity index (χ3v) is 3.71. The zero-order valence-corrected chi connectivity index (χ0v) is 15.3. The summed E-state index contributed by atoms with van der Waals surface area (Å²) in [4.78, 5) is 13.1. The number of hydrogen-bond acceptors (Lipinski definition) is 8. The Balaban J connectivity index is 1.73. The second-order valence-corrected chi connectivity index (χ2v) is 6.41. The summed E-state index contributed by atoms with van der Waals surface area (Å²) in [6, 6.07) is 0. The second kappa shape index (κ2) is 8.89. The Bertz CT molecular complexity index is 559. The van der Waals surface area contributed by atoms with Crippen molar-refractivity contribution in [3.63, 3.8) is 0 Å². The van der Waals surface area contributed by atoms with Crippen molar-refractivity contribution < 1.29 is 9.05 Å². The van der Waals surface area contributed by atoms with Gasteiger partial charge in [-0.25, -0.2) is 0 Å². The Labute approximate surface area is 143 Å². The maximum absolute atomic E-state index is 5.24. The first-order chi connectivity index (χ1) is 11.5.